The summed E-state index contributed by atoms with van der Waals surface area (Å²) in [5.74, 6) is 0.339. The minimum atomic E-state index is -4.25. The van der Waals surface area contributed by atoms with Crippen LogP contribution in [-0.4, -0.2) is 31.5 Å². The van der Waals surface area contributed by atoms with Crippen LogP contribution >= 0.6 is 0 Å². The number of hydrogen-bond donors (Lipinski definition) is 1. The topological polar surface area (TPSA) is 21.3 Å². The summed E-state index contributed by atoms with van der Waals surface area (Å²) in [6.45, 7) is 4.03. The molecule has 5 heteroatoms. The monoisotopic (exact) mass is 211 g/mol. The third-order valence-corrected chi connectivity index (χ3v) is 2.48. The van der Waals surface area contributed by atoms with Crippen molar-refractivity contribution < 1.29 is 17.9 Å². The van der Waals surface area contributed by atoms with Crippen LogP contribution in [0.1, 0.15) is 20.3 Å². The quantitative estimate of drug-likeness (QED) is 0.715. The lowest BCUT2D eigenvalue weighted by atomic mass is 10.0. The predicted molar refractivity (Wildman–Crippen MR) is 47.0 cm³/mol. The van der Waals surface area contributed by atoms with Gasteiger partial charge in [0.05, 0.1) is 0 Å². The molecule has 1 aliphatic rings. The maximum Gasteiger partial charge on any atom is 0.415 e. The smallest absolute Gasteiger partial charge is 0.367 e. The van der Waals surface area contributed by atoms with Crippen LogP contribution in [0.5, 0.6) is 0 Å². The van der Waals surface area contributed by atoms with Crippen molar-refractivity contribution in [3.8, 4) is 0 Å². The third kappa shape index (κ3) is 3.13. The molecule has 2 atom stereocenters. The zero-order valence-electron chi connectivity index (χ0n) is 8.40. The van der Waals surface area contributed by atoms with Gasteiger partial charge in [-0.05, 0) is 12.3 Å². The lowest BCUT2D eigenvalue weighted by Gasteiger charge is -2.20. The molecule has 1 heterocycles. The maximum atomic E-state index is 12.3. The van der Waals surface area contributed by atoms with E-state index < -0.39 is 12.3 Å². The molecule has 1 aliphatic heterocycles. The Bertz CT molecular complexity index is 181. The molecular formula is C9H16F3NO. The molecule has 0 bridgehead atoms. The number of alkyl halides is 3. The number of nitrogens with one attached hydrogen (secondary N) is 1. The minimum Gasteiger partial charge on any atom is -0.367 e. The van der Waals surface area contributed by atoms with Crippen LogP contribution in [0.15, 0.2) is 0 Å². The molecule has 2 unspecified atom stereocenters. The molecule has 2 nitrogen and oxygen atoms in total. The van der Waals surface area contributed by atoms with E-state index in [9.17, 15) is 13.2 Å². The van der Waals surface area contributed by atoms with Gasteiger partial charge in [-0.3, -0.25) is 0 Å². The van der Waals surface area contributed by atoms with Crippen LogP contribution < -0.4 is 5.32 Å². The van der Waals surface area contributed by atoms with E-state index in [1.165, 1.54) is 0 Å². The third-order valence-electron chi connectivity index (χ3n) is 2.48. The first-order valence-corrected chi connectivity index (χ1v) is 4.83. The normalized spacial score (nSPS) is 30.4. The second-order valence-electron chi connectivity index (χ2n) is 3.95. The average molecular weight is 211 g/mol. The Labute approximate surface area is 81.8 Å². The Hall–Kier alpha value is -0.290. The second-order valence-corrected chi connectivity index (χ2v) is 3.95. The van der Waals surface area contributed by atoms with Gasteiger partial charge in [-0.1, -0.05) is 13.8 Å². The van der Waals surface area contributed by atoms with E-state index >= 15 is 0 Å². The van der Waals surface area contributed by atoms with Gasteiger partial charge in [-0.25, -0.2) is 0 Å². The van der Waals surface area contributed by atoms with E-state index in [1.807, 2.05) is 13.8 Å². The highest BCUT2D eigenvalue weighted by Crippen LogP contribution is 2.24. The summed E-state index contributed by atoms with van der Waals surface area (Å²) in [6, 6.07) is 0.127. The number of halogens is 3. The lowest BCUT2D eigenvalue weighted by molar-refractivity contribution is -0.215. The van der Waals surface area contributed by atoms with E-state index in [4.69, 9.17) is 4.74 Å². The first-order chi connectivity index (χ1) is 6.41. The summed E-state index contributed by atoms with van der Waals surface area (Å²) in [4.78, 5) is 0. The first-order valence-electron chi connectivity index (χ1n) is 4.83. The molecule has 0 spiro atoms. The maximum absolute atomic E-state index is 12.3. The first kappa shape index (κ1) is 11.8. The highest BCUT2D eigenvalue weighted by molar-refractivity contribution is 4.79. The van der Waals surface area contributed by atoms with Crippen LogP contribution in [0.2, 0.25) is 0 Å². The van der Waals surface area contributed by atoms with Crippen molar-refractivity contribution >= 4 is 0 Å². The molecule has 0 aromatic carbocycles. The Morgan fingerprint density at radius 3 is 2.50 bits per heavy atom. The number of ether oxygens (including phenoxy) is 1. The molecule has 84 valence electrons. The van der Waals surface area contributed by atoms with E-state index in [-0.39, 0.29) is 19.2 Å². The highest BCUT2D eigenvalue weighted by atomic mass is 19.4. The van der Waals surface area contributed by atoms with E-state index in [1.54, 1.807) is 0 Å². The molecule has 0 amide bonds. The van der Waals surface area contributed by atoms with E-state index in [0.29, 0.717) is 12.3 Å². The van der Waals surface area contributed by atoms with Crippen LogP contribution in [0.25, 0.3) is 0 Å². The molecule has 1 saturated heterocycles. The van der Waals surface area contributed by atoms with Crippen LogP contribution in [0, 0.1) is 5.92 Å². The molecule has 0 aromatic heterocycles. The predicted octanol–water partition coefficient (Wildman–Crippen LogP) is 1.95. The van der Waals surface area contributed by atoms with Gasteiger partial charge < -0.3 is 10.1 Å². The summed E-state index contributed by atoms with van der Waals surface area (Å²) in [6.07, 6.45) is -5.26. The molecule has 0 aliphatic carbocycles. The van der Waals surface area contributed by atoms with Crippen molar-refractivity contribution in [2.45, 2.75) is 38.6 Å². The summed E-state index contributed by atoms with van der Waals surface area (Å²) >= 11 is 0. The summed E-state index contributed by atoms with van der Waals surface area (Å²) in [7, 11) is 0. The van der Waals surface area contributed by atoms with Gasteiger partial charge in [0.15, 0.2) is 6.10 Å². The second kappa shape index (κ2) is 4.49. The number of hydrogen-bond acceptors (Lipinski definition) is 2. The van der Waals surface area contributed by atoms with Crippen molar-refractivity contribution in [1.29, 1.82) is 0 Å². The zero-order chi connectivity index (χ0) is 10.8. The summed E-state index contributed by atoms with van der Waals surface area (Å²) in [5.41, 5.74) is 0. The van der Waals surface area contributed by atoms with Gasteiger partial charge in [-0.2, -0.15) is 13.2 Å². The van der Waals surface area contributed by atoms with Gasteiger partial charge in [0.25, 0.3) is 0 Å². The van der Waals surface area contributed by atoms with Gasteiger partial charge >= 0.3 is 6.18 Å². The van der Waals surface area contributed by atoms with Crippen molar-refractivity contribution in [2.75, 3.05) is 13.2 Å². The van der Waals surface area contributed by atoms with Gasteiger partial charge in [0, 0.05) is 19.2 Å². The fraction of sp³-hybridized carbons (Fsp3) is 1.00. The number of rotatable bonds is 1. The summed E-state index contributed by atoms with van der Waals surface area (Å²) < 4.78 is 41.6. The Morgan fingerprint density at radius 2 is 2.00 bits per heavy atom. The fourth-order valence-electron chi connectivity index (χ4n) is 1.54. The van der Waals surface area contributed by atoms with Gasteiger partial charge in [0.1, 0.15) is 0 Å². The molecule has 14 heavy (non-hydrogen) atoms. The van der Waals surface area contributed by atoms with Crippen molar-refractivity contribution in [3.05, 3.63) is 0 Å². The average Bonchev–Trinajstić information content (AvgIpc) is 2.26. The molecule has 0 saturated carbocycles. The summed E-state index contributed by atoms with van der Waals surface area (Å²) in [5, 5.41) is 2.89. The zero-order valence-corrected chi connectivity index (χ0v) is 8.40. The van der Waals surface area contributed by atoms with E-state index in [2.05, 4.69) is 5.32 Å². The Morgan fingerprint density at radius 1 is 1.36 bits per heavy atom. The molecule has 0 aromatic rings. The highest BCUT2D eigenvalue weighted by Gasteiger charge is 2.41. The van der Waals surface area contributed by atoms with Crippen molar-refractivity contribution in [1.82, 2.24) is 5.32 Å². The van der Waals surface area contributed by atoms with Crippen LogP contribution in [0.3, 0.4) is 0 Å². The SMILES string of the molecule is CC(C)C1CCOC(C(F)(F)F)CN1. The fourth-order valence-corrected chi connectivity index (χ4v) is 1.54. The van der Waals surface area contributed by atoms with Gasteiger partial charge in [0.2, 0.25) is 0 Å². The molecular weight excluding hydrogens is 195 g/mol. The molecule has 1 N–H and O–H groups in total. The Balaban J connectivity index is 2.49. The van der Waals surface area contributed by atoms with Crippen LogP contribution in [-0.2, 0) is 4.74 Å². The van der Waals surface area contributed by atoms with E-state index in [0.717, 1.165) is 0 Å². The van der Waals surface area contributed by atoms with Crippen molar-refractivity contribution in [3.63, 3.8) is 0 Å². The van der Waals surface area contributed by atoms with Gasteiger partial charge in [-0.15, -0.1) is 0 Å². The largest absolute Gasteiger partial charge is 0.415 e. The molecule has 0 radical (unpaired) electrons. The van der Waals surface area contributed by atoms with Crippen LogP contribution in [0.4, 0.5) is 13.2 Å². The Kier molecular flexibility index (Phi) is 3.78. The van der Waals surface area contributed by atoms with Crippen molar-refractivity contribution in [2.24, 2.45) is 5.92 Å². The molecule has 1 rings (SSSR count). The standard InChI is InChI=1S/C9H16F3NO/c1-6(2)7-3-4-14-8(5-13-7)9(10,11)12/h6-8,13H,3-5H2,1-2H3. The molecule has 1 fully saturated rings. The lowest BCUT2D eigenvalue weighted by Crippen LogP contribution is -2.42. The minimum absolute atomic E-state index is 0.127.